The van der Waals surface area contributed by atoms with Crippen molar-refractivity contribution in [2.24, 2.45) is 22.2 Å². The lowest BCUT2D eigenvalue weighted by molar-refractivity contribution is -0.375. The zero-order valence-electron chi connectivity index (χ0n) is 33.6. The Kier molecular flexibility index (Phi) is 19.4. The Bertz CT molecular complexity index is 1150. The average Bonchev–Trinajstić information content (AvgIpc) is 3.55. The Morgan fingerprint density at radius 3 is 1.43 bits per heavy atom. The van der Waals surface area contributed by atoms with Crippen LogP contribution in [0.3, 0.4) is 0 Å². The number of carbonyl (C=O) groups is 3. The molecular formula is C38H63F9O7. The van der Waals surface area contributed by atoms with Crippen LogP contribution in [0.4, 0.5) is 39.5 Å². The second-order valence-electron chi connectivity index (χ2n) is 16.4. The van der Waals surface area contributed by atoms with E-state index in [0.29, 0.717) is 38.5 Å². The van der Waals surface area contributed by atoms with Gasteiger partial charge in [-0.25, -0.2) is 0 Å². The molecule has 2 saturated carbocycles. The molecule has 0 aliphatic heterocycles. The smallest absolute Gasteiger partial charge is 0.426 e. The molecule has 2 fully saturated rings. The molecule has 320 valence electrons. The van der Waals surface area contributed by atoms with Gasteiger partial charge in [-0.2, -0.15) is 39.5 Å². The molecule has 7 nitrogen and oxygen atoms in total. The minimum Gasteiger partial charge on any atom is -0.462 e. The second kappa shape index (κ2) is 20.2. The van der Waals surface area contributed by atoms with Crippen LogP contribution in [0.25, 0.3) is 0 Å². The lowest BCUT2D eigenvalue weighted by atomic mass is 9.80. The fraction of sp³-hybridized carbons (Fsp3) is 0.921. The van der Waals surface area contributed by atoms with Crippen LogP contribution in [0.15, 0.2) is 0 Å². The largest absolute Gasteiger partial charge is 0.462 e. The van der Waals surface area contributed by atoms with E-state index in [1.165, 1.54) is 26.7 Å². The van der Waals surface area contributed by atoms with Crippen LogP contribution < -0.4 is 0 Å². The van der Waals surface area contributed by atoms with Crippen LogP contribution >= 0.6 is 0 Å². The third-order valence-electron chi connectivity index (χ3n) is 11.0. The highest BCUT2D eigenvalue weighted by Crippen LogP contribution is 2.48. The maximum atomic E-state index is 13.1. The number of hydrogen-bond donors (Lipinski definition) is 1. The summed E-state index contributed by atoms with van der Waals surface area (Å²) in [5.41, 5.74) is -7.26. The first-order valence-electron chi connectivity index (χ1n) is 18.8. The zero-order valence-corrected chi connectivity index (χ0v) is 33.6. The summed E-state index contributed by atoms with van der Waals surface area (Å²) in [5, 5.41) is 9.52. The van der Waals surface area contributed by atoms with Crippen molar-refractivity contribution in [3.63, 3.8) is 0 Å². The van der Waals surface area contributed by atoms with Gasteiger partial charge in [0.2, 0.25) is 0 Å². The molecule has 0 radical (unpaired) electrons. The van der Waals surface area contributed by atoms with E-state index in [4.69, 9.17) is 9.47 Å². The van der Waals surface area contributed by atoms with Gasteiger partial charge >= 0.3 is 36.4 Å². The van der Waals surface area contributed by atoms with E-state index in [9.17, 15) is 59.0 Å². The molecular weight excluding hydrogens is 739 g/mol. The first kappa shape index (κ1) is 51.7. The van der Waals surface area contributed by atoms with Gasteiger partial charge in [-0.15, -0.1) is 0 Å². The molecule has 0 amide bonds. The van der Waals surface area contributed by atoms with Crippen molar-refractivity contribution in [2.75, 3.05) is 6.61 Å². The standard InChI is InChI=1S/C17H26F6O3.C13H24O2.C8H13F3O2/c1-4-14(2,3)13(24)26-12(11-8-6-5-7-9-11)10-15(25,16(18,19)20)17(21,22)23;1-5-12(3,4)11(14)15-13(6-2)9-7-8-10-13;1-4-7(2,3)6(12)13-5-8(9,10)11/h11-12,25H,4-10H2,1-3H3;5-10H2,1-4H3;4-5H2,1-3H3. The molecule has 0 spiro atoms. The Balaban J connectivity index is 0.000000851. The van der Waals surface area contributed by atoms with Crippen molar-refractivity contribution in [1.82, 2.24) is 0 Å². The van der Waals surface area contributed by atoms with Gasteiger partial charge in [0, 0.05) is 6.42 Å². The summed E-state index contributed by atoms with van der Waals surface area (Å²) in [5.74, 6) is -2.33. The lowest BCUT2D eigenvalue weighted by Gasteiger charge is -2.39. The van der Waals surface area contributed by atoms with Crippen molar-refractivity contribution >= 4 is 17.9 Å². The number of hydrogen-bond acceptors (Lipinski definition) is 7. The highest BCUT2D eigenvalue weighted by atomic mass is 19.4. The number of esters is 3. The summed E-state index contributed by atoms with van der Waals surface area (Å²) in [6, 6.07) is 0. The maximum absolute atomic E-state index is 13.1. The molecule has 1 atom stereocenters. The summed E-state index contributed by atoms with van der Waals surface area (Å²) < 4.78 is 128. The van der Waals surface area contributed by atoms with Crippen LogP contribution in [-0.2, 0) is 28.6 Å². The topological polar surface area (TPSA) is 99.1 Å². The van der Waals surface area contributed by atoms with Gasteiger partial charge < -0.3 is 19.3 Å². The van der Waals surface area contributed by atoms with Gasteiger partial charge in [0.1, 0.15) is 11.7 Å². The third kappa shape index (κ3) is 15.7. The molecule has 0 aromatic rings. The van der Waals surface area contributed by atoms with E-state index in [1.54, 1.807) is 27.7 Å². The van der Waals surface area contributed by atoms with E-state index >= 15 is 0 Å². The summed E-state index contributed by atoms with van der Waals surface area (Å²) in [4.78, 5) is 35.3. The Labute approximate surface area is 314 Å². The molecule has 0 aromatic carbocycles. The normalized spacial score (nSPS) is 18.0. The predicted molar refractivity (Wildman–Crippen MR) is 185 cm³/mol. The number of alkyl halides is 9. The minimum absolute atomic E-state index is 0.0197. The molecule has 2 rings (SSSR count). The highest BCUT2D eigenvalue weighted by Gasteiger charge is 2.71. The second-order valence-corrected chi connectivity index (χ2v) is 16.4. The van der Waals surface area contributed by atoms with E-state index < -0.39 is 71.9 Å². The Morgan fingerprint density at radius 1 is 0.648 bits per heavy atom. The highest BCUT2D eigenvalue weighted by molar-refractivity contribution is 5.77. The van der Waals surface area contributed by atoms with Crippen molar-refractivity contribution in [1.29, 1.82) is 0 Å². The molecule has 2 aliphatic carbocycles. The lowest BCUT2D eigenvalue weighted by Crippen LogP contribution is -2.59. The van der Waals surface area contributed by atoms with Crippen LogP contribution in [0.1, 0.15) is 159 Å². The summed E-state index contributed by atoms with van der Waals surface area (Å²) in [6.45, 7) is 16.1. The molecule has 1 N–H and O–H groups in total. The van der Waals surface area contributed by atoms with Crippen LogP contribution in [0.5, 0.6) is 0 Å². The van der Waals surface area contributed by atoms with Gasteiger partial charge in [-0.1, -0.05) is 47.0 Å². The van der Waals surface area contributed by atoms with Crippen LogP contribution in [0, 0.1) is 22.2 Å². The van der Waals surface area contributed by atoms with Crippen molar-refractivity contribution in [2.45, 2.75) is 195 Å². The molecule has 54 heavy (non-hydrogen) atoms. The average molecular weight is 803 g/mol. The van der Waals surface area contributed by atoms with Gasteiger partial charge in [0.05, 0.1) is 16.2 Å². The van der Waals surface area contributed by atoms with Gasteiger partial charge in [0.25, 0.3) is 5.60 Å². The quantitative estimate of drug-likeness (QED) is 0.112. The predicted octanol–water partition coefficient (Wildman–Crippen LogP) is 11.4. The number of halogens is 9. The van der Waals surface area contributed by atoms with E-state index in [2.05, 4.69) is 11.7 Å². The number of ether oxygens (including phenoxy) is 3. The molecule has 0 saturated heterocycles. The van der Waals surface area contributed by atoms with E-state index in [1.807, 2.05) is 20.8 Å². The Hall–Kier alpha value is -2.26. The Morgan fingerprint density at radius 2 is 1.06 bits per heavy atom. The number of rotatable bonds is 13. The van der Waals surface area contributed by atoms with Gasteiger partial charge in [-0.3, -0.25) is 14.4 Å². The first-order valence-corrected chi connectivity index (χ1v) is 18.8. The third-order valence-corrected chi connectivity index (χ3v) is 11.0. The zero-order chi connectivity index (χ0) is 42.6. The summed E-state index contributed by atoms with van der Waals surface area (Å²) >= 11 is 0. The molecule has 1 unspecified atom stereocenters. The molecule has 16 heteroatoms. The van der Waals surface area contributed by atoms with Crippen LogP contribution in [0.2, 0.25) is 0 Å². The van der Waals surface area contributed by atoms with E-state index in [0.717, 1.165) is 32.1 Å². The molecule has 2 aliphatic rings. The van der Waals surface area contributed by atoms with Crippen molar-refractivity contribution in [3.05, 3.63) is 0 Å². The van der Waals surface area contributed by atoms with Gasteiger partial charge in [-0.05, 0) is 112 Å². The van der Waals surface area contributed by atoms with Crippen molar-refractivity contribution in [3.8, 4) is 0 Å². The summed E-state index contributed by atoms with van der Waals surface area (Å²) in [6.07, 6.45) is -9.83. The monoisotopic (exact) mass is 802 g/mol. The minimum atomic E-state index is -5.93. The number of aliphatic hydroxyl groups is 1. The van der Waals surface area contributed by atoms with Gasteiger partial charge in [0.15, 0.2) is 6.61 Å². The maximum Gasteiger partial charge on any atom is 0.426 e. The molecule has 0 heterocycles. The summed E-state index contributed by atoms with van der Waals surface area (Å²) in [7, 11) is 0. The molecule has 0 aromatic heterocycles. The van der Waals surface area contributed by atoms with Crippen molar-refractivity contribution < 1.29 is 73.2 Å². The first-order chi connectivity index (χ1) is 24.3. The SMILES string of the molecule is CCC(C)(C)C(=O)OC(CC(O)(C(F)(F)F)C(F)(F)F)C1CCCCC1.CCC(C)(C)C(=O)OCC(F)(F)F.CCC1(OC(=O)C(C)(C)CC)CCCC1. The molecule has 0 bridgehead atoms. The number of carbonyl (C=O) groups excluding carboxylic acids is 3. The fourth-order valence-electron chi connectivity index (χ4n) is 5.45. The van der Waals surface area contributed by atoms with E-state index in [-0.39, 0.29) is 17.0 Å². The fourth-order valence-corrected chi connectivity index (χ4v) is 5.45. The van der Waals surface area contributed by atoms with Crippen LogP contribution in [-0.4, -0.2) is 65.5 Å².